The van der Waals surface area contributed by atoms with Crippen LogP contribution in [0.25, 0.3) is 0 Å². The number of ether oxygens (including phenoxy) is 2. The van der Waals surface area contributed by atoms with Crippen molar-refractivity contribution in [3.05, 3.63) is 23.8 Å². The van der Waals surface area contributed by atoms with E-state index < -0.39 is 36.6 Å². The van der Waals surface area contributed by atoms with Crippen LogP contribution in [0.5, 0.6) is 11.5 Å². The molecule has 0 saturated carbocycles. The van der Waals surface area contributed by atoms with Gasteiger partial charge in [-0.25, -0.2) is 0 Å². The van der Waals surface area contributed by atoms with Gasteiger partial charge in [0, 0.05) is 5.72 Å². The molecule has 0 aliphatic carbocycles. The number of hydrogen-bond acceptors (Lipinski definition) is 6. The van der Waals surface area contributed by atoms with E-state index in [1.54, 1.807) is 0 Å². The molecule has 29 heavy (non-hydrogen) atoms. The Bertz CT molecular complexity index is 723. The van der Waals surface area contributed by atoms with Crippen molar-refractivity contribution in [3.8, 4) is 11.5 Å². The Morgan fingerprint density at radius 2 is 1.17 bits per heavy atom. The number of fused-ring (bicyclic) bond motifs is 1. The molecule has 0 bridgehead atoms. The summed E-state index contributed by atoms with van der Waals surface area (Å²) < 4.78 is 36.6. The summed E-state index contributed by atoms with van der Waals surface area (Å²) in [6, 6.07) is 6.02. The summed E-state index contributed by atoms with van der Waals surface area (Å²) in [5.41, 5.74) is -0.729. The van der Waals surface area contributed by atoms with E-state index in [2.05, 4.69) is 61.5 Å². The maximum Gasteiger partial charge on any atom is 0.459 e. The molecule has 0 amide bonds. The number of rotatable bonds is 4. The Labute approximate surface area is 174 Å². The average Bonchev–Trinajstić information content (AvgIpc) is 3.18. The van der Waals surface area contributed by atoms with Crippen molar-refractivity contribution in [1.82, 2.24) is 0 Å². The smallest absolute Gasteiger partial charge is 0.454 e. The molecule has 2 fully saturated rings. The molecule has 3 aliphatic heterocycles. The fraction of sp³-hybridized carbons (Fsp3) is 0.714. The standard InChI is InChI=1S/C21H32B2O6/c1-18(2)19(3,4)27-22(26-18)17(23-28-20(5,6)21(7,8)29-23)12-14-9-10-15-16(11-14)25-13-24-15/h9-11,17H,12-13H2,1-8H3. The highest BCUT2D eigenvalue weighted by atomic mass is 16.7. The average molecular weight is 402 g/mol. The monoisotopic (exact) mass is 402 g/mol. The molecule has 0 spiro atoms. The SMILES string of the molecule is CC1(C)OB(C(Cc2ccc3c(c2)OCO3)B2OC(C)(C)C(C)(C)O2)OC1(C)C. The van der Waals surface area contributed by atoms with Crippen LogP contribution in [0.15, 0.2) is 18.2 Å². The van der Waals surface area contributed by atoms with Gasteiger partial charge in [-0.3, -0.25) is 0 Å². The molecule has 0 aromatic heterocycles. The van der Waals surface area contributed by atoms with Gasteiger partial charge >= 0.3 is 14.2 Å². The summed E-state index contributed by atoms with van der Waals surface area (Å²) in [4.78, 5) is 0. The molecule has 0 radical (unpaired) electrons. The summed E-state index contributed by atoms with van der Waals surface area (Å²) in [6.07, 6.45) is 0.671. The summed E-state index contributed by atoms with van der Waals surface area (Å²) in [5, 5.41) is 0. The summed E-state index contributed by atoms with van der Waals surface area (Å²) in [5.74, 6) is 1.54. The van der Waals surface area contributed by atoms with Gasteiger partial charge in [-0.05, 0) is 79.5 Å². The lowest BCUT2D eigenvalue weighted by Crippen LogP contribution is -2.41. The van der Waals surface area contributed by atoms with E-state index >= 15 is 0 Å². The zero-order valence-electron chi connectivity index (χ0n) is 18.8. The third kappa shape index (κ3) is 3.58. The maximum absolute atomic E-state index is 6.40. The second-order valence-corrected chi connectivity index (χ2v) is 10.3. The van der Waals surface area contributed by atoms with Crippen LogP contribution in [0.1, 0.15) is 61.0 Å². The molecule has 0 atom stereocenters. The molecule has 1 aromatic carbocycles. The molecule has 8 heteroatoms. The molecule has 6 nitrogen and oxygen atoms in total. The third-order valence-electron chi connectivity index (χ3n) is 7.15. The van der Waals surface area contributed by atoms with Gasteiger partial charge in [-0.1, -0.05) is 6.07 Å². The Balaban J connectivity index is 1.63. The van der Waals surface area contributed by atoms with Crippen LogP contribution in [0, 0.1) is 0 Å². The Kier molecular flexibility index (Phi) is 4.82. The second kappa shape index (κ2) is 6.64. The predicted molar refractivity (Wildman–Crippen MR) is 112 cm³/mol. The summed E-state index contributed by atoms with van der Waals surface area (Å²) in [7, 11) is -0.889. The second-order valence-electron chi connectivity index (χ2n) is 10.3. The van der Waals surface area contributed by atoms with Gasteiger partial charge in [0.25, 0.3) is 0 Å². The van der Waals surface area contributed by atoms with Gasteiger partial charge in [0.2, 0.25) is 6.79 Å². The van der Waals surface area contributed by atoms with Crippen molar-refractivity contribution < 1.29 is 28.1 Å². The fourth-order valence-corrected chi connectivity index (χ4v) is 3.79. The molecule has 3 aliphatic rings. The van der Waals surface area contributed by atoms with E-state index in [0.717, 1.165) is 17.1 Å². The molecule has 2 saturated heterocycles. The topological polar surface area (TPSA) is 55.4 Å². The van der Waals surface area contributed by atoms with Crippen LogP contribution in [0.4, 0.5) is 0 Å². The van der Waals surface area contributed by atoms with Crippen LogP contribution in [0.3, 0.4) is 0 Å². The lowest BCUT2D eigenvalue weighted by Gasteiger charge is -2.32. The molecule has 0 unspecified atom stereocenters. The van der Waals surface area contributed by atoms with Gasteiger partial charge in [0.15, 0.2) is 11.5 Å². The maximum atomic E-state index is 6.40. The zero-order chi connectivity index (χ0) is 21.2. The number of benzene rings is 1. The van der Waals surface area contributed by atoms with Crippen molar-refractivity contribution >= 4 is 14.2 Å². The first kappa shape index (κ1) is 21.0. The number of hydrogen-bond donors (Lipinski definition) is 0. The minimum Gasteiger partial charge on any atom is -0.454 e. The molecule has 0 N–H and O–H groups in total. The highest BCUT2D eigenvalue weighted by Crippen LogP contribution is 2.46. The summed E-state index contributed by atoms with van der Waals surface area (Å²) in [6.45, 7) is 16.8. The lowest BCUT2D eigenvalue weighted by molar-refractivity contribution is 0.00578. The zero-order valence-corrected chi connectivity index (χ0v) is 18.8. The van der Waals surface area contributed by atoms with Crippen LogP contribution < -0.4 is 9.47 Å². The van der Waals surface area contributed by atoms with E-state index in [1.165, 1.54) is 0 Å². The molecule has 1 aromatic rings. The van der Waals surface area contributed by atoms with Gasteiger partial charge in [-0.15, -0.1) is 0 Å². The first-order valence-electron chi connectivity index (χ1n) is 10.4. The Morgan fingerprint density at radius 1 is 0.724 bits per heavy atom. The molecular formula is C21H32B2O6. The normalized spacial score (nSPS) is 25.8. The van der Waals surface area contributed by atoms with E-state index in [-0.39, 0.29) is 12.5 Å². The van der Waals surface area contributed by atoms with Crippen molar-refractivity contribution in [1.29, 1.82) is 0 Å². The first-order valence-corrected chi connectivity index (χ1v) is 10.4. The van der Waals surface area contributed by atoms with Gasteiger partial charge < -0.3 is 28.1 Å². The summed E-state index contributed by atoms with van der Waals surface area (Å²) >= 11 is 0. The molecule has 3 heterocycles. The van der Waals surface area contributed by atoms with Gasteiger partial charge in [-0.2, -0.15) is 0 Å². The third-order valence-corrected chi connectivity index (χ3v) is 7.15. The molecule has 158 valence electrons. The largest absolute Gasteiger partial charge is 0.459 e. The highest BCUT2D eigenvalue weighted by Gasteiger charge is 2.61. The van der Waals surface area contributed by atoms with Crippen molar-refractivity contribution in [3.63, 3.8) is 0 Å². The van der Waals surface area contributed by atoms with Gasteiger partial charge in [0.05, 0.1) is 22.4 Å². The van der Waals surface area contributed by atoms with E-state index in [9.17, 15) is 0 Å². The van der Waals surface area contributed by atoms with Crippen molar-refractivity contribution in [2.75, 3.05) is 6.79 Å². The fourth-order valence-electron chi connectivity index (χ4n) is 3.79. The minimum atomic E-state index is -0.444. The Hall–Kier alpha value is -1.21. The van der Waals surface area contributed by atoms with Crippen LogP contribution >= 0.6 is 0 Å². The Morgan fingerprint density at radius 3 is 1.66 bits per heavy atom. The van der Waals surface area contributed by atoms with E-state index in [1.807, 2.05) is 12.1 Å². The predicted octanol–water partition coefficient (Wildman–Crippen LogP) is 4.05. The highest BCUT2D eigenvalue weighted by molar-refractivity contribution is 6.68. The van der Waals surface area contributed by atoms with E-state index in [4.69, 9.17) is 28.1 Å². The first-order chi connectivity index (χ1) is 13.3. The molecule has 4 rings (SSSR count). The van der Waals surface area contributed by atoms with Crippen molar-refractivity contribution in [2.45, 2.75) is 89.9 Å². The van der Waals surface area contributed by atoms with E-state index in [0.29, 0.717) is 6.42 Å². The van der Waals surface area contributed by atoms with Crippen LogP contribution in [0.2, 0.25) is 5.72 Å². The lowest BCUT2D eigenvalue weighted by atomic mass is 9.49. The van der Waals surface area contributed by atoms with Crippen LogP contribution in [-0.4, -0.2) is 43.4 Å². The molecular weight excluding hydrogens is 370 g/mol. The van der Waals surface area contributed by atoms with Crippen LogP contribution in [-0.2, 0) is 25.0 Å². The van der Waals surface area contributed by atoms with Gasteiger partial charge in [0.1, 0.15) is 0 Å². The quantitative estimate of drug-likeness (QED) is 0.709. The van der Waals surface area contributed by atoms with Crippen molar-refractivity contribution in [2.24, 2.45) is 0 Å². The minimum absolute atomic E-state index is 0.141.